The molecule has 2 aromatic carbocycles. The van der Waals surface area contributed by atoms with Crippen molar-refractivity contribution in [3.05, 3.63) is 66.0 Å². The third kappa shape index (κ3) is 6.06. The number of anilines is 1. The molecular formula is C20H25FN2O3S. The van der Waals surface area contributed by atoms with Crippen molar-refractivity contribution < 1.29 is 17.6 Å². The zero-order chi connectivity index (χ0) is 20.0. The highest BCUT2D eigenvalue weighted by Gasteiger charge is 2.29. The van der Waals surface area contributed by atoms with Crippen molar-refractivity contribution in [3.63, 3.8) is 0 Å². The predicted octanol–water partition coefficient (Wildman–Crippen LogP) is 3.12. The molecule has 5 nitrogen and oxygen atoms in total. The SMILES string of the molecule is C[C@H](CCc1ccccc1)NC(=O)[C@H](C)N(c1ccc(F)cc1)S(C)(=O)=O. The fraction of sp³-hybridized carbons (Fsp3) is 0.350. The zero-order valence-electron chi connectivity index (χ0n) is 15.7. The van der Waals surface area contributed by atoms with E-state index >= 15 is 0 Å². The summed E-state index contributed by atoms with van der Waals surface area (Å²) in [4.78, 5) is 12.6. The second kappa shape index (κ2) is 8.99. The van der Waals surface area contributed by atoms with Gasteiger partial charge in [-0.2, -0.15) is 0 Å². The lowest BCUT2D eigenvalue weighted by Gasteiger charge is -2.29. The summed E-state index contributed by atoms with van der Waals surface area (Å²) in [5.41, 5.74) is 1.43. The van der Waals surface area contributed by atoms with Crippen LogP contribution in [0, 0.1) is 5.82 Å². The summed E-state index contributed by atoms with van der Waals surface area (Å²) in [6.45, 7) is 3.40. The van der Waals surface area contributed by atoms with Gasteiger partial charge >= 0.3 is 0 Å². The fourth-order valence-corrected chi connectivity index (χ4v) is 4.04. The van der Waals surface area contributed by atoms with Crippen molar-refractivity contribution in [2.45, 2.75) is 38.8 Å². The molecule has 146 valence electrons. The van der Waals surface area contributed by atoms with Gasteiger partial charge in [-0.05, 0) is 56.5 Å². The first-order valence-corrected chi connectivity index (χ1v) is 10.6. The van der Waals surface area contributed by atoms with Crippen LogP contribution < -0.4 is 9.62 Å². The minimum absolute atomic E-state index is 0.116. The van der Waals surface area contributed by atoms with Gasteiger partial charge < -0.3 is 5.32 Å². The number of nitrogens with zero attached hydrogens (tertiary/aromatic N) is 1. The van der Waals surface area contributed by atoms with Crippen LogP contribution in [0.25, 0.3) is 0 Å². The van der Waals surface area contributed by atoms with Crippen LogP contribution in [-0.4, -0.2) is 32.7 Å². The molecule has 0 heterocycles. The van der Waals surface area contributed by atoms with Crippen LogP contribution in [0.1, 0.15) is 25.8 Å². The van der Waals surface area contributed by atoms with E-state index < -0.39 is 27.8 Å². The zero-order valence-corrected chi connectivity index (χ0v) is 16.5. The number of sulfonamides is 1. The van der Waals surface area contributed by atoms with Crippen LogP contribution in [0.3, 0.4) is 0 Å². The molecule has 2 rings (SSSR count). The van der Waals surface area contributed by atoms with Gasteiger partial charge in [-0.3, -0.25) is 9.10 Å². The van der Waals surface area contributed by atoms with E-state index in [0.29, 0.717) is 0 Å². The molecule has 0 aliphatic rings. The van der Waals surface area contributed by atoms with E-state index in [1.807, 2.05) is 37.3 Å². The highest BCUT2D eigenvalue weighted by atomic mass is 32.2. The lowest BCUT2D eigenvalue weighted by Crippen LogP contribution is -2.50. The molecule has 0 bridgehead atoms. The number of aryl methyl sites for hydroxylation is 1. The fourth-order valence-electron chi connectivity index (χ4n) is 2.86. The molecule has 0 spiro atoms. The molecule has 27 heavy (non-hydrogen) atoms. The number of hydrogen-bond donors (Lipinski definition) is 1. The van der Waals surface area contributed by atoms with E-state index in [9.17, 15) is 17.6 Å². The molecular weight excluding hydrogens is 367 g/mol. The lowest BCUT2D eigenvalue weighted by atomic mass is 10.1. The Morgan fingerprint density at radius 2 is 1.67 bits per heavy atom. The smallest absolute Gasteiger partial charge is 0.243 e. The number of hydrogen-bond acceptors (Lipinski definition) is 3. The maximum Gasteiger partial charge on any atom is 0.243 e. The van der Waals surface area contributed by atoms with E-state index in [1.165, 1.54) is 36.8 Å². The van der Waals surface area contributed by atoms with Crippen molar-refractivity contribution in [2.24, 2.45) is 0 Å². The van der Waals surface area contributed by atoms with Gasteiger partial charge in [-0.25, -0.2) is 12.8 Å². The van der Waals surface area contributed by atoms with Crippen LogP contribution in [-0.2, 0) is 21.2 Å². The molecule has 1 N–H and O–H groups in total. The summed E-state index contributed by atoms with van der Waals surface area (Å²) in [6.07, 6.45) is 2.57. The summed E-state index contributed by atoms with van der Waals surface area (Å²) in [5.74, 6) is -0.871. The van der Waals surface area contributed by atoms with Gasteiger partial charge in [0, 0.05) is 6.04 Å². The van der Waals surface area contributed by atoms with Gasteiger partial charge in [0.15, 0.2) is 0 Å². The quantitative estimate of drug-likeness (QED) is 0.751. The summed E-state index contributed by atoms with van der Waals surface area (Å²) in [7, 11) is -3.72. The molecule has 0 unspecified atom stereocenters. The van der Waals surface area contributed by atoms with Crippen molar-refractivity contribution in [3.8, 4) is 0 Å². The minimum Gasteiger partial charge on any atom is -0.352 e. The Kier molecular flexibility index (Phi) is 6.96. The van der Waals surface area contributed by atoms with Crippen LogP contribution in [0.2, 0.25) is 0 Å². The number of carbonyl (C=O) groups excluding carboxylic acids is 1. The standard InChI is InChI=1S/C20H25FN2O3S/c1-15(9-10-17-7-5-4-6-8-17)22-20(24)16(2)23(27(3,25)26)19-13-11-18(21)12-14-19/h4-8,11-16H,9-10H2,1-3H3,(H,22,24)/t15-,16+/m1/s1. The molecule has 0 radical (unpaired) electrons. The largest absolute Gasteiger partial charge is 0.352 e. The topological polar surface area (TPSA) is 66.5 Å². The van der Waals surface area contributed by atoms with Gasteiger partial charge in [-0.1, -0.05) is 30.3 Å². The maximum atomic E-state index is 13.2. The highest BCUT2D eigenvalue weighted by molar-refractivity contribution is 7.92. The Bertz CT molecular complexity index is 855. The number of carbonyl (C=O) groups is 1. The van der Waals surface area contributed by atoms with E-state index in [2.05, 4.69) is 5.32 Å². The first-order valence-electron chi connectivity index (χ1n) is 8.77. The average molecular weight is 392 g/mol. The number of nitrogens with one attached hydrogen (secondary N) is 1. The lowest BCUT2D eigenvalue weighted by molar-refractivity contribution is -0.122. The Hall–Kier alpha value is -2.41. The van der Waals surface area contributed by atoms with Gasteiger partial charge in [0.1, 0.15) is 11.9 Å². The molecule has 0 aliphatic carbocycles. The number of amides is 1. The second-order valence-corrected chi connectivity index (χ2v) is 8.50. The third-order valence-corrected chi connectivity index (χ3v) is 5.51. The van der Waals surface area contributed by atoms with Gasteiger partial charge in [-0.15, -0.1) is 0 Å². The minimum atomic E-state index is -3.72. The summed E-state index contributed by atoms with van der Waals surface area (Å²) in [5, 5.41) is 2.86. The van der Waals surface area contributed by atoms with E-state index in [0.717, 1.165) is 23.4 Å². The molecule has 0 aromatic heterocycles. The number of halogens is 1. The summed E-state index contributed by atoms with van der Waals surface area (Å²) < 4.78 is 38.6. The molecule has 0 saturated heterocycles. The number of rotatable bonds is 8. The van der Waals surface area contributed by atoms with Crippen LogP contribution in [0.15, 0.2) is 54.6 Å². The second-order valence-electron chi connectivity index (χ2n) is 6.65. The highest BCUT2D eigenvalue weighted by Crippen LogP contribution is 2.21. The van der Waals surface area contributed by atoms with Crippen molar-refractivity contribution in [1.82, 2.24) is 5.32 Å². The van der Waals surface area contributed by atoms with Crippen LogP contribution in [0.4, 0.5) is 10.1 Å². The summed E-state index contributed by atoms with van der Waals surface area (Å²) >= 11 is 0. The van der Waals surface area contributed by atoms with E-state index in [-0.39, 0.29) is 11.7 Å². The first-order chi connectivity index (χ1) is 12.7. The van der Waals surface area contributed by atoms with Crippen molar-refractivity contribution in [2.75, 3.05) is 10.6 Å². The number of benzene rings is 2. The molecule has 2 atom stereocenters. The van der Waals surface area contributed by atoms with Gasteiger partial charge in [0.05, 0.1) is 11.9 Å². The molecule has 2 aromatic rings. The molecule has 7 heteroatoms. The van der Waals surface area contributed by atoms with Gasteiger partial charge in [0.25, 0.3) is 0 Å². The Labute approximate surface area is 160 Å². The van der Waals surface area contributed by atoms with Gasteiger partial charge in [0.2, 0.25) is 15.9 Å². The molecule has 0 aliphatic heterocycles. The first kappa shape index (κ1) is 20.9. The Balaban J connectivity index is 2.04. The monoisotopic (exact) mass is 392 g/mol. The van der Waals surface area contributed by atoms with Crippen molar-refractivity contribution >= 4 is 21.6 Å². The average Bonchev–Trinajstić information content (AvgIpc) is 2.61. The Morgan fingerprint density at radius 1 is 1.07 bits per heavy atom. The normalized spacial score (nSPS) is 13.6. The molecule has 0 saturated carbocycles. The van der Waals surface area contributed by atoms with E-state index in [4.69, 9.17) is 0 Å². The predicted molar refractivity (Wildman–Crippen MR) is 106 cm³/mol. The van der Waals surface area contributed by atoms with Crippen molar-refractivity contribution in [1.29, 1.82) is 0 Å². The molecule has 0 fully saturated rings. The summed E-state index contributed by atoms with van der Waals surface area (Å²) in [6, 6.07) is 13.9. The third-order valence-electron chi connectivity index (χ3n) is 4.27. The maximum absolute atomic E-state index is 13.2. The van der Waals surface area contributed by atoms with E-state index in [1.54, 1.807) is 0 Å². The Morgan fingerprint density at radius 3 is 2.22 bits per heavy atom. The molecule has 1 amide bonds. The van der Waals surface area contributed by atoms with Crippen LogP contribution >= 0.6 is 0 Å². The van der Waals surface area contributed by atoms with Crippen LogP contribution in [0.5, 0.6) is 0 Å².